The topological polar surface area (TPSA) is 114 Å². The summed E-state index contributed by atoms with van der Waals surface area (Å²) in [5.41, 5.74) is 0.677. The van der Waals surface area contributed by atoms with Crippen LogP contribution in [0.25, 0.3) is 0 Å². The first-order chi connectivity index (χ1) is 15.1. The molecule has 0 unspecified atom stereocenters. The number of ketones is 1. The smallest absolute Gasteiger partial charge is 0.338 e. The van der Waals surface area contributed by atoms with Crippen molar-refractivity contribution in [1.29, 1.82) is 0 Å². The van der Waals surface area contributed by atoms with Gasteiger partial charge in [0, 0.05) is 18.1 Å². The third-order valence-corrected chi connectivity index (χ3v) is 4.36. The molecule has 9 nitrogen and oxygen atoms in total. The maximum atomic E-state index is 13.1. The number of Topliss-reactive ketones (excluding diaryl/α,β-unsaturated/α-hetero) is 1. The summed E-state index contributed by atoms with van der Waals surface area (Å²) in [5, 5.41) is 11.3. The van der Waals surface area contributed by atoms with Crippen LogP contribution < -0.4 is 14.2 Å². The first-order valence-electron chi connectivity index (χ1n) is 10.0. The molecule has 0 saturated carbocycles. The predicted molar refractivity (Wildman–Crippen MR) is 117 cm³/mol. The lowest BCUT2D eigenvalue weighted by Gasteiger charge is -2.17. The molecular weight excluding hydrogens is 418 g/mol. The number of hydrogen-bond acceptors (Lipinski definition) is 8. The van der Waals surface area contributed by atoms with Crippen LogP contribution in [-0.4, -0.2) is 43.1 Å². The first kappa shape index (κ1) is 24.6. The Morgan fingerprint density at radius 3 is 2.16 bits per heavy atom. The van der Waals surface area contributed by atoms with Gasteiger partial charge in [-0.25, -0.2) is 4.79 Å². The van der Waals surface area contributed by atoms with Crippen molar-refractivity contribution < 1.29 is 33.5 Å². The van der Waals surface area contributed by atoms with E-state index in [2.05, 4.69) is 0 Å². The van der Waals surface area contributed by atoms with Crippen molar-refractivity contribution in [3.63, 3.8) is 0 Å². The van der Waals surface area contributed by atoms with Crippen LogP contribution in [0.4, 0.5) is 5.69 Å². The predicted octanol–water partition coefficient (Wildman–Crippen LogP) is 4.39. The van der Waals surface area contributed by atoms with Gasteiger partial charge < -0.3 is 18.9 Å². The minimum absolute atomic E-state index is 0.0184. The fourth-order valence-corrected chi connectivity index (χ4v) is 3.06. The van der Waals surface area contributed by atoms with Gasteiger partial charge in [-0.1, -0.05) is 6.07 Å². The van der Waals surface area contributed by atoms with Gasteiger partial charge in [0.15, 0.2) is 11.5 Å². The summed E-state index contributed by atoms with van der Waals surface area (Å²) < 4.78 is 21.4. The van der Waals surface area contributed by atoms with E-state index in [1.54, 1.807) is 32.0 Å². The fourth-order valence-electron chi connectivity index (χ4n) is 3.06. The number of carbonyl (C=O) groups is 2. The summed E-state index contributed by atoms with van der Waals surface area (Å²) in [4.78, 5) is 36.0. The van der Waals surface area contributed by atoms with Gasteiger partial charge in [0.25, 0.3) is 0 Å². The molecule has 0 aliphatic carbocycles. The molecule has 0 aliphatic rings. The van der Waals surface area contributed by atoms with Crippen molar-refractivity contribution in [2.75, 3.05) is 14.2 Å². The van der Waals surface area contributed by atoms with Crippen LogP contribution in [-0.2, 0) is 11.2 Å². The highest BCUT2D eigenvalue weighted by atomic mass is 16.6. The van der Waals surface area contributed by atoms with Gasteiger partial charge in [-0.2, -0.15) is 0 Å². The molecule has 0 saturated heterocycles. The number of nitro benzene ring substituents is 1. The molecule has 0 bridgehead atoms. The Morgan fingerprint density at radius 2 is 1.62 bits per heavy atom. The summed E-state index contributed by atoms with van der Waals surface area (Å²) in [5.74, 6) is -0.627. The van der Waals surface area contributed by atoms with Gasteiger partial charge in [-0.15, -0.1) is 0 Å². The van der Waals surface area contributed by atoms with Crippen molar-refractivity contribution in [2.45, 2.75) is 46.3 Å². The first-order valence-corrected chi connectivity index (χ1v) is 10.0. The van der Waals surface area contributed by atoms with Gasteiger partial charge in [-0.05, 0) is 45.9 Å². The molecule has 0 radical (unpaired) electrons. The van der Waals surface area contributed by atoms with E-state index in [9.17, 15) is 19.7 Å². The molecule has 0 atom stereocenters. The van der Waals surface area contributed by atoms with E-state index in [0.717, 1.165) is 0 Å². The zero-order valence-corrected chi connectivity index (χ0v) is 19.0. The molecule has 0 N–H and O–H groups in total. The Bertz CT molecular complexity index is 1010. The second kappa shape index (κ2) is 10.6. The van der Waals surface area contributed by atoms with Crippen molar-refractivity contribution in [3.8, 4) is 17.2 Å². The highest BCUT2D eigenvalue weighted by Crippen LogP contribution is 2.40. The van der Waals surface area contributed by atoms with E-state index in [-0.39, 0.29) is 47.2 Å². The molecule has 2 aromatic rings. The SMILES string of the molecule is COc1c(C(=O)Cc2ccc(C(=O)OC(C)C)cc2OC(C)C)ccc([N+](=O)[O-])c1OC. The van der Waals surface area contributed by atoms with Crippen molar-refractivity contribution in [2.24, 2.45) is 0 Å². The Kier molecular flexibility index (Phi) is 8.17. The average Bonchev–Trinajstić information content (AvgIpc) is 2.72. The van der Waals surface area contributed by atoms with Crippen molar-refractivity contribution in [3.05, 3.63) is 57.1 Å². The summed E-state index contributed by atoms with van der Waals surface area (Å²) in [7, 11) is 2.57. The molecule has 2 rings (SSSR count). The lowest BCUT2D eigenvalue weighted by molar-refractivity contribution is -0.385. The van der Waals surface area contributed by atoms with Crippen LogP contribution in [0, 0.1) is 10.1 Å². The van der Waals surface area contributed by atoms with E-state index < -0.39 is 10.9 Å². The summed E-state index contributed by atoms with van der Waals surface area (Å²) in [6.07, 6.45) is -0.559. The highest BCUT2D eigenvalue weighted by molar-refractivity contribution is 6.01. The second-order valence-corrected chi connectivity index (χ2v) is 7.50. The lowest BCUT2D eigenvalue weighted by atomic mass is 9.99. The van der Waals surface area contributed by atoms with Crippen molar-refractivity contribution >= 4 is 17.4 Å². The number of nitro groups is 1. The van der Waals surface area contributed by atoms with Gasteiger partial charge >= 0.3 is 11.7 Å². The molecule has 0 heterocycles. The zero-order chi connectivity index (χ0) is 24.0. The third kappa shape index (κ3) is 5.75. The van der Waals surface area contributed by atoms with Crippen LogP contribution in [0.3, 0.4) is 0 Å². The minimum Gasteiger partial charge on any atom is -0.492 e. The molecule has 9 heteroatoms. The Labute approximate surface area is 186 Å². The monoisotopic (exact) mass is 445 g/mol. The molecule has 0 spiro atoms. The van der Waals surface area contributed by atoms with Crippen LogP contribution in [0.1, 0.15) is 54.0 Å². The summed E-state index contributed by atoms with van der Waals surface area (Å²) in [6, 6.07) is 7.26. The molecule has 0 fully saturated rings. The fraction of sp³-hybridized carbons (Fsp3) is 0.391. The molecule has 0 aliphatic heterocycles. The van der Waals surface area contributed by atoms with Crippen LogP contribution in [0.15, 0.2) is 30.3 Å². The number of hydrogen-bond donors (Lipinski definition) is 0. The molecule has 2 aromatic carbocycles. The number of carbonyl (C=O) groups excluding carboxylic acids is 2. The molecular formula is C23H27NO8. The maximum absolute atomic E-state index is 13.1. The summed E-state index contributed by atoms with van der Waals surface area (Å²) in [6.45, 7) is 7.16. The third-order valence-electron chi connectivity index (χ3n) is 4.36. The minimum atomic E-state index is -0.612. The number of nitrogens with zero attached hydrogens (tertiary/aromatic N) is 1. The van der Waals surface area contributed by atoms with E-state index >= 15 is 0 Å². The molecule has 172 valence electrons. The van der Waals surface area contributed by atoms with Crippen molar-refractivity contribution in [1.82, 2.24) is 0 Å². The summed E-state index contributed by atoms with van der Waals surface area (Å²) >= 11 is 0. The maximum Gasteiger partial charge on any atom is 0.338 e. The number of esters is 1. The number of rotatable bonds is 10. The number of ether oxygens (including phenoxy) is 4. The van der Waals surface area contributed by atoms with E-state index in [4.69, 9.17) is 18.9 Å². The van der Waals surface area contributed by atoms with E-state index in [1.165, 1.54) is 26.4 Å². The quantitative estimate of drug-likeness (QED) is 0.229. The van der Waals surface area contributed by atoms with E-state index in [1.807, 2.05) is 13.8 Å². The lowest BCUT2D eigenvalue weighted by Crippen LogP contribution is -2.14. The molecule has 0 amide bonds. The Morgan fingerprint density at radius 1 is 0.969 bits per heavy atom. The normalized spacial score (nSPS) is 10.8. The van der Waals surface area contributed by atoms with Gasteiger partial charge in [0.2, 0.25) is 5.75 Å². The van der Waals surface area contributed by atoms with E-state index in [0.29, 0.717) is 16.9 Å². The van der Waals surface area contributed by atoms with Crippen LogP contribution >= 0.6 is 0 Å². The highest BCUT2D eigenvalue weighted by Gasteiger charge is 2.26. The van der Waals surface area contributed by atoms with Gasteiger partial charge in [0.1, 0.15) is 5.75 Å². The zero-order valence-electron chi connectivity index (χ0n) is 19.0. The van der Waals surface area contributed by atoms with Crippen LogP contribution in [0.5, 0.6) is 17.2 Å². The standard InChI is InChI=1S/C23H27NO8/c1-13(2)31-20-12-16(23(26)32-14(3)4)8-7-15(20)11-19(25)17-9-10-18(24(27)28)22(30-6)21(17)29-5/h7-10,12-14H,11H2,1-6H3. The second-order valence-electron chi connectivity index (χ2n) is 7.50. The van der Waals surface area contributed by atoms with Crippen LogP contribution in [0.2, 0.25) is 0 Å². The Hall–Kier alpha value is -3.62. The number of methoxy groups -OCH3 is 2. The average molecular weight is 445 g/mol. The largest absolute Gasteiger partial charge is 0.492 e. The molecule has 32 heavy (non-hydrogen) atoms. The Balaban J connectivity index is 2.44. The molecule has 0 aromatic heterocycles. The van der Waals surface area contributed by atoms with Gasteiger partial charge in [-0.3, -0.25) is 14.9 Å². The van der Waals surface area contributed by atoms with Gasteiger partial charge in [0.05, 0.1) is 42.5 Å². The number of benzene rings is 2.